The summed E-state index contributed by atoms with van der Waals surface area (Å²) in [5.74, 6) is 1.12. The number of hydrogen-bond acceptors (Lipinski definition) is 4. The van der Waals surface area contributed by atoms with Gasteiger partial charge >= 0.3 is 0 Å². The van der Waals surface area contributed by atoms with Gasteiger partial charge in [-0.25, -0.2) is 0 Å². The van der Waals surface area contributed by atoms with Crippen LogP contribution in [0, 0.1) is 17.8 Å². The van der Waals surface area contributed by atoms with Gasteiger partial charge in [-0.2, -0.15) is 0 Å². The summed E-state index contributed by atoms with van der Waals surface area (Å²) in [6.07, 6.45) is 12.4. The van der Waals surface area contributed by atoms with Crippen molar-refractivity contribution >= 4 is 5.91 Å². The fourth-order valence-electron chi connectivity index (χ4n) is 5.47. The maximum atomic E-state index is 12.4. The zero-order valence-electron chi connectivity index (χ0n) is 20.3. The van der Waals surface area contributed by atoms with Gasteiger partial charge in [-0.3, -0.25) is 4.79 Å². The van der Waals surface area contributed by atoms with Crippen molar-refractivity contribution in [3.8, 4) is 0 Å². The van der Waals surface area contributed by atoms with Gasteiger partial charge in [0.25, 0.3) is 0 Å². The van der Waals surface area contributed by atoms with Crippen molar-refractivity contribution in [2.75, 3.05) is 13.2 Å². The molecule has 0 unspecified atom stereocenters. The number of aliphatic hydroxyl groups is 2. The third-order valence-corrected chi connectivity index (χ3v) is 6.89. The molecule has 2 fully saturated rings. The topological polar surface area (TPSA) is 70.0 Å². The van der Waals surface area contributed by atoms with Crippen LogP contribution >= 0.6 is 0 Å². The van der Waals surface area contributed by atoms with Crippen LogP contribution < -0.4 is 0 Å². The summed E-state index contributed by atoms with van der Waals surface area (Å²) in [6, 6.07) is 0.343. The largest absolute Gasteiger partial charge is 0.392 e. The number of rotatable bonds is 12. The molecule has 0 aromatic heterocycles. The highest BCUT2D eigenvalue weighted by atomic mass is 16.5. The zero-order valence-corrected chi connectivity index (χ0v) is 20.3. The molecule has 2 rings (SSSR count). The van der Waals surface area contributed by atoms with E-state index in [1.54, 1.807) is 0 Å². The molecule has 0 heterocycles. The molecule has 0 saturated heterocycles. The van der Waals surface area contributed by atoms with E-state index in [1.807, 2.05) is 38.7 Å². The Balaban J connectivity index is 1.80. The second-order valence-corrected chi connectivity index (χ2v) is 10.0. The molecule has 31 heavy (non-hydrogen) atoms. The van der Waals surface area contributed by atoms with E-state index in [9.17, 15) is 15.0 Å². The molecule has 2 N–H and O–H groups in total. The van der Waals surface area contributed by atoms with E-state index in [2.05, 4.69) is 19.1 Å². The first-order valence-corrected chi connectivity index (χ1v) is 12.4. The first-order valence-electron chi connectivity index (χ1n) is 12.4. The zero-order chi connectivity index (χ0) is 23.0. The Kier molecular flexibility index (Phi) is 10.7. The standard InChI is InChI=1S/C26H45NO4/c1-6-7-8-9-22(28)10-11-23-24-15-20(14-21(24)16-25(23)29)12-13-31-17-26(30)27(18(2)3)19(4)5/h10-12,18-19,21-25,28-29H,6-9,13-17H2,1-5H3/b11-10+,20-12+/t21-,22-,23+,24-,25+/m0/s1. The number of fused-ring (bicyclic) bond motifs is 1. The molecule has 5 atom stereocenters. The lowest BCUT2D eigenvalue weighted by atomic mass is 9.90. The van der Waals surface area contributed by atoms with Gasteiger partial charge in [0.15, 0.2) is 0 Å². The van der Waals surface area contributed by atoms with Crippen molar-refractivity contribution in [3.63, 3.8) is 0 Å². The maximum Gasteiger partial charge on any atom is 0.249 e. The quantitative estimate of drug-likeness (QED) is 0.350. The number of carbonyl (C=O) groups is 1. The van der Waals surface area contributed by atoms with Gasteiger partial charge < -0.3 is 19.8 Å². The Hall–Kier alpha value is -1.17. The Labute approximate surface area is 189 Å². The minimum atomic E-state index is -0.406. The van der Waals surface area contributed by atoms with E-state index >= 15 is 0 Å². The Morgan fingerprint density at radius 3 is 2.55 bits per heavy atom. The van der Waals surface area contributed by atoms with Gasteiger partial charge in [0, 0.05) is 18.0 Å². The lowest BCUT2D eigenvalue weighted by Gasteiger charge is -2.30. The Morgan fingerprint density at radius 2 is 1.90 bits per heavy atom. The van der Waals surface area contributed by atoms with Gasteiger partial charge in [0.05, 0.1) is 18.8 Å². The first kappa shape index (κ1) is 26.1. The van der Waals surface area contributed by atoms with E-state index in [-0.39, 0.29) is 36.6 Å². The molecule has 0 aromatic carbocycles. The summed E-state index contributed by atoms with van der Waals surface area (Å²) in [4.78, 5) is 14.3. The van der Waals surface area contributed by atoms with Crippen molar-refractivity contribution in [1.29, 1.82) is 0 Å². The van der Waals surface area contributed by atoms with Crippen LogP contribution in [0.1, 0.15) is 79.6 Å². The van der Waals surface area contributed by atoms with Crippen LogP contribution in [-0.4, -0.2) is 58.5 Å². The molecular weight excluding hydrogens is 390 g/mol. The van der Waals surface area contributed by atoms with Crippen molar-refractivity contribution in [2.45, 2.75) is 104 Å². The van der Waals surface area contributed by atoms with Gasteiger partial charge in [-0.05, 0) is 65.2 Å². The van der Waals surface area contributed by atoms with Gasteiger partial charge in [0.2, 0.25) is 5.91 Å². The average molecular weight is 436 g/mol. The summed E-state index contributed by atoms with van der Waals surface area (Å²) in [6.45, 7) is 10.9. The number of nitrogens with zero attached hydrogens (tertiary/aromatic N) is 1. The highest BCUT2D eigenvalue weighted by molar-refractivity contribution is 5.78. The fraction of sp³-hybridized carbons (Fsp3) is 0.808. The SMILES string of the molecule is CCCCC[C@H](O)/C=C/[C@@H]1[C@H]2C/C(=C/COCC(=O)N(C(C)C)C(C)C)C[C@H]2C[C@H]1O. The van der Waals surface area contributed by atoms with Crippen molar-refractivity contribution in [3.05, 3.63) is 23.8 Å². The lowest BCUT2D eigenvalue weighted by Crippen LogP contribution is -2.43. The lowest BCUT2D eigenvalue weighted by molar-refractivity contribution is -0.139. The normalized spacial score (nSPS) is 28.2. The van der Waals surface area contributed by atoms with Crippen LogP contribution in [0.15, 0.2) is 23.8 Å². The molecule has 0 spiro atoms. The molecule has 0 bridgehead atoms. The minimum absolute atomic E-state index is 0.0394. The maximum absolute atomic E-state index is 12.4. The summed E-state index contributed by atoms with van der Waals surface area (Å²) in [5.41, 5.74) is 1.38. The summed E-state index contributed by atoms with van der Waals surface area (Å²) >= 11 is 0. The van der Waals surface area contributed by atoms with E-state index in [0.29, 0.717) is 18.4 Å². The summed E-state index contributed by atoms with van der Waals surface area (Å²) in [7, 11) is 0. The molecule has 178 valence electrons. The predicted octanol–water partition coefficient (Wildman–Crippen LogP) is 4.48. The molecule has 2 saturated carbocycles. The van der Waals surface area contributed by atoms with Crippen LogP contribution in [0.5, 0.6) is 0 Å². The number of aliphatic hydroxyl groups excluding tert-OH is 2. The van der Waals surface area contributed by atoms with Crippen LogP contribution in [0.4, 0.5) is 0 Å². The number of unbranched alkanes of at least 4 members (excludes halogenated alkanes) is 2. The van der Waals surface area contributed by atoms with E-state index < -0.39 is 6.10 Å². The molecule has 5 heteroatoms. The molecule has 0 radical (unpaired) electrons. The molecule has 5 nitrogen and oxygen atoms in total. The number of allylic oxidation sites excluding steroid dienone is 1. The summed E-state index contributed by atoms with van der Waals surface area (Å²) < 4.78 is 5.67. The van der Waals surface area contributed by atoms with Crippen molar-refractivity contribution in [2.24, 2.45) is 17.8 Å². The highest BCUT2D eigenvalue weighted by Gasteiger charge is 2.44. The monoisotopic (exact) mass is 435 g/mol. The van der Waals surface area contributed by atoms with E-state index in [0.717, 1.165) is 44.9 Å². The Bertz CT molecular complexity index is 605. The molecule has 0 aromatic rings. The third-order valence-electron chi connectivity index (χ3n) is 6.89. The fourth-order valence-corrected chi connectivity index (χ4v) is 5.47. The smallest absolute Gasteiger partial charge is 0.249 e. The van der Waals surface area contributed by atoms with Crippen molar-refractivity contribution in [1.82, 2.24) is 4.90 Å². The van der Waals surface area contributed by atoms with Gasteiger partial charge in [0.1, 0.15) is 6.61 Å². The van der Waals surface area contributed by atoms with Gasteiger partial charge in [-0.15, -0.1) is 0 Å². The number of ether oxygens (including phenoxy) is 1. The summed E-state index contributed by atoms with van der Waals surface area (Å²) in [5, 5.41) is 20.7. The second-order valence-electron chi connectivity index (χ2n) is 10.0. The number of amides is 1. The van der Waals surface area contributed by atoms with Gasteiger partial charge in [-0.1, -0.05) is 50.0 Å². The third kappa shape index (κ3) is 7.73. The molecule has 0 aliphatic heterocycles. The average Bonchev–Trinajstić information content (AvgIpc) is 3.19. The minimum Gasteiger partial charge on any atom is -0.392 e. The van der Waals surface area contributed by atoms with E-state index in [4.69, 9.17) is 4.74 Å². The van der Waals surface area contributed by atoms with E-state index in [1.165, 1.54) is 5.57 Å². The highest BCUT2D eigenvalue weighted by Crippen LogP contribution is 2.50. The Morgan fingerprint density at radius 1 is 1.19 bits per heavy atom. The van der Waals surface area contributed by atoms with Crippen molar-refractivity contribution < 1.29 is 19.7 Å². The molecular formula is C26H45NO4. The predicted molar refractivity (Wildman–Crippen MR) is 126 cm³/mol. The first-order chi connectivity index (χ1) is 14.7. The van der Waals surface area contributed by atoms with Crippen LogP contribution in [0.3, 0.4) is 0 Å². The van der Waals surface area contributed by atoms with Crippen LogP contribution in [0.2, 0.25) is 0 Å². The number of hydrogen-bond donors (Lipinski definition) is 2. The molecule has 1 amide bonds. The van der Waals surface area contributed by atoms with Crippen LogP contribution in [0.25, 0.3) is 0 Å². The second kappa shape index (κ2) is 12.8. The molecule has 2 aliphatic rings. The van der Waals surface area contributed by atoms with Crippen LogP contribution in [-0.2, 0) is 9.53 Å². The number of carbonyl (C=O) groups excluding carboxylic acids is 1. The molecule has 2 aliphatic carbocycles.